The van der Waals surface area contributed by atoms with Crippen LogP contribution in [-0.4, -0.2) is 47.7 Å². The number of hydrogen-bond donors (Lipinski definition) is 1. The van der Waals surface area contributed by atoms with Crippen LogP contribution in [0.25, 0.3) is 6.08 Å². The molecule has 0 unspecified atom stereocenters. The molecule has 0 aliphatic carbocycles. The molecule has 1 saturated heterocycles. The Morgan fingerprint density at radius 1 is 1.24 bits per heavy atom. The van der Waals surface area contributed by atoms with E-state index in [-0.39, 0.29) is 11.8 Å². The lowest BCUT2D eigenvalue weighted by Crippen LogP contribution is -2.23. The third-order valence-electron chi connectivity index (χ3n) is 4.64. The second-order valence-corrected chi connectivity index (χ2v) is 6.23. The van der Waals surface area contributed by atoms with Crippen molar-refractivity contribution in [3.05, 3.63) is 66.0 Å². The van der Waals surface area contributed by atoms with Crippen molar-refractivity contribution >= 4 is 12.0 Å². The summed E-state index contributed by atoms with van der Waals surface area (Å²) < 4.78 is 5.15. The Balaban J connectivity index is 1.63. The molecule has 0 spiro atoms. The number of methoxy groups -OCH3 is 1. The number of ether oxygens (including phenoxy) is 1. The van der Waals surface area contributed by atoms with Crippen LogP contribution < -0.4 is 4.74 Å². The van der Waals surface area contributed by atoms with Gasteiger partial charge in [-0.2, -0.15) is 0 Å². The minimum atomic E-state index is -0.733. The molecule has 1 aliphatic rings. The molecular weight excluding hydrogens is 316 g/mol. The molecular formula is C20H22N2O3. The molecule has 0 radical (unpaired) electrons. The SMILES string of the molecule is COc1ccc(/C=C/CN2C[C@@H](C(=O)O)[C@H](c3ccncc3)C2)cc1. The average molecular weight is 338 g/mol. The van der Waals surface area contributed by atoms with Crippen molar-refractivity contribution in [1.82, 2.24) is 9.88 Å². The van der Waals surface area contributed by atoms with Crippen LogP contribution in [0.5, 0.6) is 5.75 Å². The van der Waals surface area contributed by atoms with Crippen molar-refractivity contribution in [2.24, 2.45) is 5.92 Å². The van der Waals surface area contributed by atoms with Crippen LogP contribution >= 0.6 is 0 Å². The second kappa shape index (κ2) is 7.94. The van der Waals surface area contributed by atoms with Gasteiger partial charge in [0.05, 0.1) is 13.0 Å². The Hall–Kier alpha value is -2.66. The molecule has 2 aromatic rings. The van der Waals surface area contributed by atoms with Crippen LogP contribution in [-0.2, 0) is 4.79 Å². The van der Waals surface area contributed by atoms with E-state index in [0.717, 1.165) is 30.0 Å². The summed E-state index contributed by atoms with van der Waals surface area (Å²) in [6.07, 6.45) is 7.57. The number of hydrogen-bond acceptors (Lipinski definition) is 4. The first-order valence-electron chi connectivity index (χ1n) is 8.33. The van der Waals surface area contributed by atoms with Crippen molar-refractivity contribution in [2.45, 2.75) is 5.92 Å². The molecule has 2 atom stereocenters. The van der Waals surface area contributed by atoms with E-state index in [1.54, 1.807) is 19.5 Å². The fourth-order valence-electron chi connectivity index (χ4n) is 3.29. The molecule has 2 heterocycles. The zero-order valence-electron chi connectivity index (χ0n) is 14.2. The fraction of sp³-hybridized carbons (Fsp3) is 0.300. The Labute approximate surface area is 147 Å². The average Bonchev–Trinajstić information content (AvgIpc) is 3.08. The number of carboxylic acids is 1. The maximum atomic E-state index is 11.6. The van der Waals surface area contributed by atoms with Gasteiger partial charge >= 0.3 is 5.97 Å². The summed E-state index contributed by atoms with van der Waals surface area (Å²) in [5, 5.41) is 9.54. The number of aliphatic carboxylic acids is 1. The highest BCUT2D eigenvalue weighted by molar-refractivity contribution is 5.72. The number of carboxylic acid groups (broad SMARTS) is 1. The molecule has 1 N–H and O–H groups in total. The van der Waals surface area contributed by atoms with Gasteiger partial charge < -0.3 is 9.84 Å². The second-order valence-electron chi connectivity index (χ2n) is 6.23. The Kier molecular flexibility index (Phi) is 5.46. The first-order valence-corrected chi connectivity index (χ1v) is 8.33. The number of nitrogens with zero attached hydrogens (tertiary/aromatic N) is 2. The molecule has 5 heteroatoms. The summed E-state index contributed by atoms with van der Waals surface area (Å²) in [5.74, 6) is -0.267. The van der Waals surface area contributed by atoms with Gasteiger partial charge in [-0.25, -0.2) is 0 Å². The topological polar surface area (TPSA) is 62.7 Å². The van der Waals surface area contributed by atoms with Gasteiger partial charge in [0.15, 0.2) is 0 Å². The number of aromatic nitrogens is 1. The van der Waals surface area contributed by atoms with Gasteiger partial charge in [-0.15, -0.1) is 0 Å². The van der Waals surface area contributed by atoms with Gasteiger partial charge in [-0.05, 0) is 35.4 Å². The number of rotatable bonds is 6. The van der Waals surface area contributed by atoms with E-state index >= 15 is 0 Å². The zero-order valence-corrected chi connectivity index (χ0v) is 14.2. The number of likely N-dealkylation sites (tertiary alicyclic amines) is 1. The van der Waals surface area contributed by atoms with E-state index in [4.69, 9.17) is 4.74 Å². The molecule has 0 amide bonds. The molecule has 130 valence electrons. The summed E-state index contributed by atoms with van der Waals surface area (Å²) in [6, 6.07) is 11.7. The quantitative estimate of drug-likeness (QED) is 0.877. The highest BCUT2D eigenvalue weighted by Crippen LogP contribution is 2.32. The summed E-state index contributed by atoms with van der Waals surface area (Å²) in [4.78, 5) is 17.8. The van der Waals surface area contributed by atoms with E-state index in [1.807, 2.05) is 36.4 Å². The fourth-order valence-corrected chi connectivity index (χ4v) is 3.29. The van der Waals surface area contributed by atoms with Gasteiger partial charge in [0.1, 0.15) is 5.75 Å². The van der Waals surface area contributed by atoms with Crippen LogP contribution in [0, 0.1) is 5.92 Å². The minimum Gasteiger partial charge on any atom is -0.497 e. The van der Waals surface area contributed by atoms with E-state index in [0.29, 0.717) is 6.54 Å². The molecule has 0 bridgehead atoms. The third kappa shape index (κ3) is 4.25. The Morgan fingerprint density at radius 2 is 1.96 bits per heavy atom. The third-order valence-corrected chi connectivity index (χ3v) is 4.64. The first kappa shape index (κ1) is 17.2. The molecule has 3 rings (SSSR count). The van der Waals surface area contributed by atoms with E-state index in [9.17, 15) is 9.90 Å². The lowest BCUT2D eigenvalue weighted by atomic mass is 9.90. The maximum absolute atomic E-state index is 11.6. The predicted octanol–water partition coefficient (Wildman–Crippen LogP) is 2.90. The molecule has 0 saturated carbocycles. The first-order chi connectivity index (χ1) is 12.2. The molecule has 1 aromatic heterocycles. The molecule has 1 fully saturated rings. The maximum Gasteiger partial charge on any atom is 0.308 e. The number of carbonyl (C=O) groups is 1. The molecule has 1 aromatic carbocycles. The number of pyridine rings is 1. The van der Waals surface area contributed by atoms with Crippen LogP contribution in [0.1, 0.15) is 17.0 Å². The van der Waals surface area contributed by atoms with Crippen LogP contribution in [0.3, 0.4) is 0 Å². The normalized spacial score (nSPS) is 20.8. The molecule has 25 heavy (non-hydrogen) atoms. The van der Waals surface area contributed by atoms with Crippen molar-refractivity contribution in [2.75, 3.05) is 26.7 Å². The number of benzene rings is 1. The van der Waals surface area contributed by atoms with Gasteiger partial charge in [0.25, 0.3) is 0 Å². The Morgan fingerprint density at radius 3 is 2.60 bits per heavy atom. The monoisotopic (exact) mass is 338 g/mol. The lowest BCUT2D eigenvalue weighted by Gasteiger charge is -2.14. The standard InChI is InChI=1S/C20H22N2O3/c1-25-17-6-4-15(5-7-17)3-2-12-22-13-18(19(14-22)20(23)24)16-8-10-21-11-9-16/h2-11,18-19H,12-14H2,1H3,(H,23,24)/b3-2+/t18-,19+/m0/s1. The van der Waals surface area contributed by atoms with Crippen LogP contribution in [0.4, 0.5) is 0 Å². The molecule has 5 nitrogen and oxygen atoms in total. The van der Waals surface area contributed by atoms with Crippen LogP contribution in [0.15, 0.2) is 54.9 Å². The Bertz CT molecular complexity index is 728. The van der Waals surface area contributed by atoms with Crippen LogP contribution in [0.2, 0.25) is 0 Å². The van der Waals surface area contributed by atoms with Crippen molar-refractivity contribution in [3.63, 3.8) is 0 Å². The predicted molar refractivity (Wildman–Crippen MR) is 96.6 cm³/mol. The van der Waals surface area contributed by atoms with Crippen molar-refractivity contribution in [3.8, 4) is 5.75 Å². The zero-order chi connectivity index (χ0) is 17.6. The van der Waals surface area contributed by atoms with Crippen molar-refractivity contribution in [1.29, 1.82) is 0 Å². The molecule has 1 aliphatic heterocycles. The largest absolute Gasteiger partial charge is 0.497 e. The highest BCUT2D eigenvalue weighted by Gasteiger charge is 2.37. The van der Waals surface area contributed by atoms with Gasteiger partial charge in [-0.3, -0.25) is 14.7 Å². The lowest BCUT2D eigenvalue weighted by molar-refractivity contribution is -0.141. The summed E-state index contributed by atoms with van der Waals surface area (Å²) >= 11 is 0. The summed E-state index contributed by atoms with van der Waals surface area (Å²) in [6.45, 7) is 2.04. The highest BCUT2D eigenvalue weighted by atomic mass is 16.5. The van der Waals surface area contributed by atoms with E-state index < -0.39 is 5.97 Å². The van der Waals surface area contributed by atoms with E-state index in [1.165, 1.54) is 0 Å². The van der Waals surface area contributed by atoms with E-state index in [2.05, 4.69) is 22.0 Å². The summed E-state index contributed by atoms with van der Waals surface area (Å²) in [5.41, 5.74) is 2.14. The smallest absolute Gasteiger partial charge is 0.308 e. The van der Waals surface area contributed by atoms with Gasteiger partial charge in [0.2, 0.25) is 0 Å². The van der Waals surface area contributed by atoms with Crippen molar-refractivity contribution < 1.29 is 14.6 Å². The van der Waals surface area contributed by atoms with Gasteiger partial charge in [-0.1, -0.05) is 24.3 Å². The minimum absolute atomic E-state index is 0.00915. The van der Waals surface area contributed by atoms with Gasteiger partial charge in [0, 0.05) is 37.9 Å². The summed E-state index contributed by atoms with van der Waals surface area (Å²) in [7, 11) is 1.65.